The summed E-state index contributed by atoms with van der Waals surface area (Å²) in [6, 6.07) is 9.39. The summed E-state index contributed by atoms with van der Waals surface area (Å²) in [5, 5.41) is 2.63. The number of carbonyl (C=O) groups excluding carboxylic acids is 1. The molecule has 2 aromatic rings. The summed E-state index contributed by atoms with van der Waals surface area (Å²) in [7, 11) is 0. The van der Waals surface area contributed by atoms with Crippen LogP contribution in [0.5, 0.6) is 5.75 Å². The van der Waals surface area contributed by atoms with Crippen LogP contribution in [0, 0.1) is 0 Å². The van der Waals surface area contributed by atoms with Crippen molar-refractivity contribution in [2.24, 2.45) is 0 Å². The van der Waals surface area contributed by atoms with E-state index in [9.17, 15) is 4.79 Å². The first-order chi connectivity index (χ1) is 14.1. The van der Waals surface area contributed by atoms with Gasteiger partial charge >= 0.3 is 180 Å². The predicted molar refractivity (Wildman–Crippen MR) is 123 cm³/mol. The molecule has 158 valence electrons. The quantitative estimate of drug-likeness (QED) is 0.353. The fraction of sp³-hybridized carbons (Fsp3) is 0.522. The van der Waals surface area contributed by atoms with Gasteiger partial charge in [-0.25, -0.2) is 0 Å². The molecule has 1 N–H and O–H groups in total. The molecule has 0 aliphatic carbocycles. The van der Waals surface area contributed by atoms with Gasteiger partial charge in [-0.3, -0.25) is 0 Å². The van der Waals surface area contributed by atoms with Crippen molar-refractivity contribution in [3.8, 4) is 5.75 Å². The van der Waals surface area contributed by atoms with Gasteiger partial charge in [0.05, 0.1) is 0 Å². The summed E-state index contributed by atoms with van der Waals surface area (Å²) >= 11 is -2.54. The van der Waals surface area contributed by atoms with E-state index in [2.05, 4.69) is 37.1 Å². The number of amides is 1. The van der Waals surface area contributed by atoms with Crippen molar-refractivity contribution >= 4 is 34.0 Å². The SMILES string of the molecule is CCC[CH2][Sn]([CH2]CCC)([CH2]CCC)[c]1ccc(OC(=O)Nc2ccccn2)cn1. The molecule has 2 rings (SSSR count). The second-order valence-corrected chi connectivity index (χ2v) is 20.8. The Kier molecular flexibility index (Phi) is 10.5. The number of aromatic nitrogens is 2. The van der Waals surface area contributed by atoms with Crippen molar-refractivity contribution < 1.29 is 9.53 Å². The summed E-state index contributed by atoms with van der Waals surface area (Å²) in [5.41, 5.74) is 0. The molecule has 0 aliphatic rings. The monoisotopic (exact) mass is 505 g/mol. The number of anilines is 1. The van der Waals surface area contributed by atoms with E-state index in [-0.39, 0.29) is 0 Å². The number of nitrogens with zero attached hydrogens (tertiary/aromatic N) is 2. The molecule has 6 heteroatoms. The summed E-state index contributed by atoms with van der Waals surface area (Å²) in [4.78, 5) is 21.0. The molecule has 0 unspecified atom stereocenters. The van der Waals surface area contributed by atoms with Crippen LogP contribution >= 0.6 is 0 Å². The maximum atomic E-state index is 12.1. The van der Waals surface area contributed by atoms with Crippen molar-refractivity contribution in [2.45, 2.75) is 72.6 Å². The first-order valence-electron chi connectivity index (χ1n) is 11.0. The van der Waals surface area contributed by atoms with Crippen LogP contribution in [0.2, 0.25) is 13.3 Å². The van der Waals surface area contributed by atoms with Gasteiger partial charge in [0.2, 0.25) is 0 Å². The van der Waals surface area contributed by atoms with E-state index in [1.54, 1.807) is 24.5 Å². The number of rotatable bonds is 12. The zero-order valence-electron chi connectivity index (χ0n) is 18.1. The number of hydrogen-bond donors (Lipinski definition) is 1. The minimum atomic E-state index is -2.54. The average Bonchev–Trinajstić information content (AvgIpc) is 2.75. The van der Waals surface area contributed by atoms with E-state index < -0.39 is 24.5 Å². The molecular weight excluding hydrogens is 469 g/mol. The van der Waals surface area contributed by atoms with Gasteiger partial charge in [-0.05, 0) is 0 Å². The van der Waals surface area contributed by atoms with Gasteiger partial charge in [-0.1, -0.05) is 0 Å². The van der Waals surface area contributed by atoms with Crippen LogP contribution in [-0.2, 0) is 0 Å². The Morgan fingerprint density at radius 1 is 0.931 bits per heavy atom. The van der Waals surface area contributed by atoms with Crippen LogP contribution < -0.4 is 13.8 Å². The van der Waals surface area contributed by atoms with Crippen LogP contribution in [0.15, 0.2) is 42.7 Å². The summed E-state index contributed by atoms with van der Waals surface area (Å²) in [5.74, 6) is 0.944. The summed E-state index contributed by atoms with van der Waals surface area (Å²) in [6.07, 6.45) is 10.4. The zero-order chi connectivity index (χ0) is 21.0. The van der Waals surface area contributed by atoms with Gasteiger partial charge in [0.1, 0.15) is 0 Å². The fourth-order valence-electron chi connectivity index (χ4n) is 3.73. The third kappa shape index (κ3) is 7.61. The fourth-order valence-corrected chi connectivity index (χ4v) is 19.1. The molecule has 0 radical (unpaired) electrons. The minimum absolute atomic E-state index is 0.469. The molecule has 0 aliphatic heterocycles. The summed E-state index contributed by atoms with van der Waals surface area (Å²) in [6.45, 7) is 6.84. The van der Waals surface area contributed by atoms with Crippen molar-refractivity contribution in [1.82, 2.24) is 9.97 Å². The topological polar surface area (TPSA) is 64.1 Å². The molecule has 29 heavy (non-hydrogen) atoms. The Hall–Kier alpha value is -1.63. The predicted octanol–water partition coefficient (Wildman–Crippen LogP) is 6.14. The Bertz CT molecular complexity index is 701. The third-order valence-electron chi connectivity index (χ3n) is 5.41. The molecule has 0 spiro atoms. The molecule has 0 bridgehead atoms. The van der Waals surface area contributed by atoms with Gasteiger partial charge in [0.15, 0.2) is 0 Å². The molecule has 0 aromatic carbocycles. The molecule has 0 atom stereocenters. The van der Waals surface area contributed by atoms with E-state index >= 15 is 0 Å². The van der Waals surface area contributed by atoms with Gasteiger partial charge in [-0.15, -0.1) is 0 Å². The van der Waals surface area contributed by atoms with Gasteiger partial charge < -0.3 is 0 Å². The standard InChI is InChI=1S/C11H8N3O2.3C4H9.Sn/c15-11(14-10-5-1-2-7-13-10)16-9-4-3-6-12-8-9;3*1-3-4-2;/h1-5,7-8H,(H,13,14,15);3*1,3-4H2,2H3;. The van der Waals surface area contributed by atoms with Crippen LogP contribution in [0.1, 0.15) is 59.3 Å². The van der Waals surface area contributed by atoms with Crippen molar-refractivity contribution in [3.05, 3.63) is 42.7 Å². The van der Waals surface area contributed by atoms with Crippen molar-refractivity contribution in [2.75, 3.05) is 5.32 Å². The van der Waals surface area contributed by atoms with Gasteiger partial charge in [0, 0.05) is 0 Å². The molecule has 2 heterocycles. The third-order valence-corrected chi connectivity index (χ3v) is 20.6. The van der Waals surface area contributed by atoms with E-state index in [1.807, 2.05) is 12.1 Å². The molecule has 0 saturated carbocycles. The molecule has 0 saturated heterocycles. The molecule has 1 amide bonds. The second-order valence-electron chi connectivity index (χ2n) is 7.70. The number of ether oxygens (including phenoxy) is 1. The van der Waals surface area contributed by atoms with Crippen LogP contribution in [0.25, 0.3) is 0 Å². The average molecular weight is 504 g/mol. The molecule has 5 nitrogen and oxygen atoms in total. The number of nitrogens with one attached hydrogen (secondary N) is 1. The number of carbonyl (C=O) groups is 1. The normalized spacial score (nSPS) is 11.3. The van der Waals surface area contributed by atoms with E-state index in [1.165, 1.54) is 55.5 Å². The number of unbranched alkanes of at least 4 members (excludes halogenated alkanes) is 3. The first-order valence-corrected chi connectivity index (χ1v) is 18.5. The Balaban J connectivity index is 2.12. The Labute approximate surface area is 179 Å². The molecule has 2 aromatic heterocycles. The Morgan fingerprint density at radius 3 is 2.07 bits per heavy atom. The van der Waals surface area contributed by atoms with Gasteiger partial charge in [-0.2, -0.15) is 0 Å². The van der Waals surface area contributed by atoms with E-state index in [0.29, 0.717) is 11.6 Å². The van der Waals surface area contributed by atoms with Crippen LogP contribution in [0.4, 0.5) is 10.6 Å². The zero-order valence-corrected chi connectivity index (χ0v) is 21.0. The molecule has 0 fully saturated rings. The van der Waals surface area contributed by atoms with E-state index in [4.69, 9.17) is 9.72 Å². The number of pyridine rings is 2. The van der Waals surface area contributed by atoms with Crippen molar-refractivity contribution in [1.29, 1.82) is 0 Å². The molecular formula is C23H35N3O2Sn. The van der Waals surface area contributed by atoms with Crippen LogP contribution in [-0.4, -0.2) is 34.4 Å². The van der Waals surface area contributed by atoms with Crippen LogP contribution in [0.3, 0.4) is 0 Å². The second kappa shape index (κ2) is 12.8. The Morgan fingerprint density at radius 2 is 1.59 bits per heavy atom. The first kappa shape index (κ1) is 23.6. The van der Waals surface area contributed by atoms with Gasteiger partial charge in [0.25, 0.3) is 0 Å². The number of hydrogen-bond acceptors (Lipinski definition) is 4. The van der Waals surface area contributed by atoms with E-state index in [0.717, 1.165) is 0 Å². The van der Waals surface area contributed by atoms with Crippen molar-refractivity contribution in [3.63, 3.8) is 0 Å². The maximum absolute atomic E-state index is 12.1. The summed E-state index contributed by atoms with van der Waals surface area (Å²) < 4.78 is 10.9.